The minimum Gasteiger partial charge on any atom is -0.454 e. The van der Waals surface area contributed by atoms with Gasteiger partial charge >= 0.3 is 0 Å². The van der Waals surface area contributed by atoms with E-state index >= 15 is 0 Å². The van der Waals surface area contributed by atoms with Gasteiger partial charge in [0.15, 0.2) is 11.5 Å². The fraction of sp³-hybridized carbons (Fsp3) is 0.111. The van der Waals surface area contributed by atoms with Gasteiger partial charge in [0.05, 0.1) is 6.21 Å². The predicted octanol–water partition coefficient (Wildman–Crippen LogP) is 3.59. The zero-order valence-corrected chi connectivity index (χ0v) is 16.4. The number of para-hydroxylation sites is 1. The second-order valence-electron chi connectivity index (χ2n) is 5.64. The van der Waals surface area contributed by atoms with Gasteiger partial charge < -0.3 is 20.1 Å². The van der Waals surface area contributed by atoms with Crippen LogP contribution in [0.15, 0.2) is 52.0 Å². The molecule has 0 saturated heterocycles. The zero-order chi connectivity index (χ0) is 19.3. The molecule has 0 unspecified atom stereocenters. The third kappa shape index (κ3) is 4.12. The van der Waals surface area contributed by atoms with E-state index in [1.54, 1.807) is 13.3 Å². The standard InChI is InChI=1S/C18H16BrN7O2/c1-20-16-23-17(22-12-5-3-2-4-6-12)25-18(24-16)26-21-9-11-7-14-15(8-13(11)19)28-10-27-14/h2-9H,10H2,1H3,(H3,20,22,23,24,25,26)/b21-9-. The molecule has 1 aromatic heterocycles. The molecule has 3 aromatic rings. The topological polar surface area (TPSA) is 106 Å². The van der Waals surface area contributed by atoms with Crippen molar-refractivity contribution in [3.05, 3.63) is 52.5 Å². The molecule has 10 heteroatoms. The number of nitrogens with one attached hydrogen (secondary N) is 3. The lowest BCUT2D eigenvalue weighted by Gasteiger charge is -2.08. The minimum atomic E-state index is 0.218. The number of anilines is 4. The molecular formula is C18H16BrN7O2. The van der Waals surface area contributed by atoms with Gasteiger partial charge in [0.2, 0.25) is 24.6 Å². The SMILES string of the molecule is CNc1nc(N/N=C\c2cc3c(cc2Br)OCO3)nc(Nc2ccccc2)n1. The van der Waals surface area contributed by atoms with E-state index in [-0.39, 0.29) is 6.79 Å². The summed E-state index contributed by atoms with van der Waals surface area (Å²) in [5.74, 6) is 2.48. The van der Waals surface area contributed by atoms with E-state index in [9.17, 15) is 0 Å². The van der Waals surface area contributed by atoms with E-state index in [4.69, 9.17) is 9.47 Å². The van der Waals surface area contributed by atoms with Crippen LogP contribution in [-0.4, -0.2) is 35.0 Å². The molecule has 4 rings (SSSR count). The highest BCUT2D eigenvalue weighted by molar-refractivity contribution is 9.10. The highest BCUT2D eigenvalue weighted by Crippen LogP contribution is 2.36. The molecule has 28 heavy (non-hydrogen) atoms. The third-order valence-electron chi connectivity index (χ3n) is 3.75. The Morgan fingerprint density at radius 1 is 1.00 bits per heavy atom. The van der Waals surface area contributed by atoms with Gasteiger partial charge in [-0.25, -0.2) is 5.43 Å². The Bertz CT molecular complexity index is 1010. The van der Waals surface area contributed by atoms with Gasteiger partial charge in [-0.2, -0.15) is 20.1 Å². The molecule has 0 bridgehead atoms. The quantitative estimate of drug-likeness (QED) is 0.393. The number of fused-ring (bicyclic) bond motifs is 1. The Kier molecular flexibility index (Phi) is 5.20. The van der Waals surface area contributed by atoms with E-state index < -0.39 is 0 Å². The van der Waals surface area contributed by atoms with Crippen molar-refractivity contribution in [2.45, 2.75) is 0 Å². The first-order valence-corrected chi connectivity index (χ1v) is 9.15. The first kappa shape index (κ1) is 18.0. The summed E-state index contributed by atoms with van der Waals surface area (Å²) in [4.78, 5) is 12.9. The summed E-state index contributed by atoms with van der Waals surface area (Å²) >= 11 is 3.49. The fourth-order valence-electron chi connectivity index (χ4n) is 2.44. The Morgan fingerprint density at radius 2 is 1.71 bits per heavy atom. The first-order chi connectivity index (χ1) is 13.7. The molecule has 142 valence electrons. The average molecular weight is 442 g/mol. The normalized spacial score (nSPS) is 12.2. The van der Waals surface area contributed by atoms with Crippen LogP contribution in [0.4, 0.5) is 23.5 Å². The smallest absolute Gasteiger partial charge is 0.250 e. The van der Waals surface area contributed by atoms with E-state index in [1.165, 1.54) is 0 Å². The van der Waals surface area contributed by atoms with Crippen molar-refractivity contribution >= 4 is 45.7 Å². The van der Waals surface area contributed by atoms with Crippen molar-refractivity contribution < 1.29 is 9.47 Å². The molecule has 0 spiro atoms. The van der Waals surface area contributed by atoms with Gasteiger partial charge in [-0.1, -0.05) is 18.2 Å². The highest BCUT2D eigenvalue weighted by Gasteiger charge is 2.15. The van der Waals surface area contributed by atoms with Gasteiger partial charge in [-0.3, -0.25) is 0 Å². The summed E-state index contributed by atoms with van der Waals surface area (Å²) < 4.78 is 11.6. The van der Waals surface area contributed by atoms with Gasteiger partial charge in [-0.15, -0.1) is 0 Å². The largest absolute Gasteiger partial charge is 0.454 e. The van der Waals surface area contributed by atoms with Crippen molar-refractivity contribution in [1.82, 2.24) is 15.0 Å². The molecule has 2 heterocycles. The number of benzene rings is 2. The number of aromatic nitrogens is 3. The van der Waals surface area contributed by atoms with Crippen LogP contribution >= 0.6 is 15.9 Å². The van der Waals surface area contributed by atoms with E-state index in [0.717, 1.165) is 15.7 Å². The van der Waals surface area contributed by atoms with Gasteiger partial charge in [0.25, 0.3) is 0 Å². The molecule has 3 N–H and O–H groups in total. The predicted molar refractivity (Wildman–Crippen MR) is 111 cm³/mol. The number of hydrogen-bond acceptors (Lipinski definition) is 9. The molecule has 0 amide bonds. The minimum absolute atomic E-state index is 0.218. The maximum Gasteiger partial charge on any atom is 0.250 e. The van der Waals surface area contributed by atoms with Crippen molar-refractivity contribution in [3.63, 3.8) is 0 Å². The monoisotopic (exact) mass is 441 g/mol. The van der Waals surface area contributed by atoms with Crippen LogP contribution in [0.25, 0.3) is 0 Å². The van der Waals surface area contributed by atoms with Crippen molar-refractivity contribution in [2.75, 3.05) is 29.9 Å². The maximum atomic E-state index is 5.39. The third-order valence-corrected chi connectivity index (χ3v) is 4.44. The average Bonchev–Trinajstić information content (AvgIpc) is 3.16. The number of hydrazone groups is 1. The van der Waals surface area contributed by atoms with Crippen LogP contribution in [-0.2, 0) is 0 Å². The molecule has 0 radical (unpaired) electrons. The molecule has 9 nitrogen and oxygen atoms in total. The molecule has 0 atom stereocenters. The maximum absolute atomic E-state index is 5.39. The lowest BCUT2D eigenvalue weighted by molar-refractivity contribution is 0.174. The summed E-state index contributed by atoms with van der Waals surface area (Å²) in [7, 11) is 1.73. The van der Waals surface area contributed by atoms with Crippen LogP contribution in [0.2, 0.25) is 0 Å². The summed E-state index contributed by atoms with van der Waals surface area (Å²) in [6, 6.07) is 13.3. The zero-order valence-electron chi connectivity index (χ0n) is 14.8. The Labute approximate surface area is 169 Å². The summed E-state index contributed by atoms with van der Waals surface area (Å²) in [5.41, 5.74) is 4.51. The van der Waals surface area contributed by atoms with Crippen LogP contribution in [0.1, 0.15) is 5.56 Å². The van der Waals surface area contributed by atoms with Crippen LogP contribution in [0, 0.1) is 0 Å². The molecule has 0 saturated carbocycles. The summed E-state index contributed by atoms with van der Waals surface area (Å²) in [6.45, 7) is 0.218. The van der Waals surface area contributed by atoms with Crippen LogP contribution in [0.5, 0.6) is 11.5 Å². The first-order valence-electron chi connectivity index (χ1n) is 8.35. The van der Waals surface area contributed by atoms with E-state index in [0.29, 0.717) is 29.3 Å². The highest BCUT2D eigenvalue weighted by atomic mass is 79.9. The summed E-state index contributed by atoms with van der Waals surface area (Å²) in [5, 5.41) is 10.3. The van der Waals surface area contributed by atoms with Crippen molar-refractivity contribution in [1.29, 1.82) is 0 Å². The van der Waals surface area contributed by atoms with E-state index in [1.807, 2.05) is 42.5 Å². The lowest BCUT2D eigenvalue weighted by Crippen LogP contribution is -2.07. The number of halogens is 1. The molecular weight excluding hydrogens is 426 g/mol. The number of ether oxygens (including phenoxy) is 2. The number of nitrogens with zero attached hydrogens (tertiary/aromatic N) is 4. The second-order valence-corrected chi connectivity index (χ2v) is 6.50. The Balaban J connectivity index is 1.51. The van der Waals surface area contributed by atoms with Crippen LogP contribution < -0.4 is 25.5 Å². The van der Waals surface area contributed by atoms with Gasteiger partial charge in [0, 0.05) is 22.8 Å². The van der Waals surface area contributed by atoms with Crippen molar-refractivity contribution in [3.8, 4) is 11.5 Å². The fourth-order valence-corrected chi connectivity index (χ4v) is 2.86. The molecule has 2 aromatic carbocycles. The molecule has 0 fully saturated rings. The summed E-state index contributed by atoms with van der Waals surface area (Å²) in [6.07, 6.45) is 1.64. The Morgan fingerprint density at radius 3 is 2.50 bits per heavy atom. The molecule has 1 aliphatic rings. The number of rotatable bonds is 6. The molecule has 0 aliphatic carbocycles. The second kappa shape index (κ2) is 8.09. The van der Waals surface area contributed by atoms with E-state index in [2.05, 4.69) is 52.0 Å². The van der Waals surface area contributed by atoms with Crippen molar-refractivity contribution in [2.24, 2.45) is 5.10 Å². The van der Waals surface area contributed by atoms with Crippen LogP contribution in [0.3, 0.4) is 0 Å². The number of hydrogen-bond donors (Lipinski definition) is 3. The van der Waals surface area contributed by atoms with Gasteiger partial charge in [0.1, 0.15) is 0 Å². The molecule has 1 aliphatic heterocycles. The Hall–Kier alpha value is -3.40. The lowest BCUT2D eigenvalue weighted by atomic mass is 10.2. The van der Waals surface area contributed by atoms with Gasteiger partial charge in [-0.05, 0) is 40.2 Å².